The van der Waals surface area contributed by atoms with Crippen LogP contribution in [-0.2, 0) is 4.74 Å². The lowest BCUT2D eigenvalue weighted by Crippen LogP contribution is -2.54. The summed E-state index contributed by atoms with van der Waals surface area (Å²) in [5.41, 5.74) is 0.620. The predicted molar refractivity (Wildman–Crippen MR) is 85.4 cm³/mol. The molecule has 0 radical (unpaired) electrons. The second-order valence-electron chi connectivity index (χ2n) is 6.04. The molecule has 23 heavy (non-hydrogen) atoms. The predicted octanol–water partition coefficient (Wildman–Crippen LogP) is 1.23. The van der Waals surface area contributed by atoms with Crippen LogP contribution >= 0.6 is 0 Å². The van der Waals surface area contributed by atoms with Crippen LogP contribution in [-0.4, -0.2) is 52.0 Å². The van der Waals surface area contributed by atoms with Crippen LogP contribution in [0.25, 0.3) is 0 Å². The number of aliphatic hydroxyl groups is 1. The Balaban J connectivity index is 2.16. The van der Waals surface area contributed by atoms with Crippen LogP contribution in [0.1, 0.15) is 44.2 Å². The van der Waals surface area contributed by atoms with E-state index in [4.69, 9.17) is 6.42 Å². The van der Waals surface area contributed by atoms with Gasteiger partial charge in [0, 0.05) is 6.54 Å². The third kappa shape index (κ3) is 3.84. The van der Waals surface area contributed by atoms with Crippen molar-refractivity contribution in [2.45, 2.75) is 45.0 Å². The van der Waals surface area contributed by atoms with E-state index in [-0.39, 0.29) is 12.0 Å². The van der Waals surface area contributed by atoms with Crippen molar-refractivity contribution in [2.75, 3.05) is 13.7 Å². The molecule has 0 bridgehead atoms. The lowest BCUT2D eigenvalue weighted by Gasteiger charge is -2.35. The number of terminal acetylenes is 1. The van der Waals surface area contributed by atoms with Crippen molar-refractivity contribution in [3.8, 4) is 12.3 Å². The molecule has 0 saturated carbocycles. The highest BCUT2D eigenvalue weighted by molar-refractivity contribution is 5.67. The van der Waals surface area contributed by atoms with Crippen LogP contribution in [0.2, 0.25) is 0 Å². The van der Waals surface area contributed by atoms with Crippen LogP contribution in [0.3, 0.4) is 0 Å². The summed E-state index contributed by atoms with van der Waals surface area (Å²) in [6.45, 7) is 4.61. The van der Waals surface area contributed by atoms with Gasteiger partial charge in [-0.15, -0.1) is 6.42 Å². The van der Waals surface area contributed by atoms with Gasteiger partial charge in [0.1, 0.15) is 17.7 Å². The molecule has 7 nitrogen and oxygen atoms in total. The van der Waals surface area contributed by atoms with Gasteiger partial charge in [0.05, 0.1) is 25.4 Å². The van der Waals surface area contributed by atoms with E-state index in [2.05, 4.69) is 25.9 Å². The minimum absolute atomic E-state index is 0.0446. The molecule has 1 aliphatic rings. The number of nitrogens with one attached hydrogen (secondary N) is 2. The Morgan fingerprint density at radius 1 is 1.65 bits per heavy atom. The molecular weight excluding hydrogens is 296 g/mol. The van der Waals surface area contributed by atoms with Crippen LogP contribution in [0.4, 0.5) is 4.79 Å². The minimum atomic E-state index is -0.832. The normalized spacial score (nSPS) is 21.0. The summed E-state index contributed by atoms with van der Waals surface area (Å²) >= 11 is 0. The van der Waals surface area contributed by atoms with Gasteiger partial charge in [-0.3, -0.25) is 4.90 Å². The number of aromatic nitrogens is 2. The Morgan fingerprint density at radius 2 is 2.39 bits per heavy atom. The minimum Gasteiger partial charge on any atom is -0.453 e. The fourth-order valence-electron chi connectivity index (χ4n) is 2.97. The quantitative estimate of drug-likeness (QED) is 0.710. The summed E-state index contributed by atoms with van der Waals surface area (Å²) in [5.74, 6) is 3.31. The molecule has 7 heteroatoms. The lowest BCUT2D eigenvalue weighted by atomic mass is 10.0. The fourth-order valence-corrected chi connectivity index (χ4v) is 2.97. The van der Waals surface area contributed by atoms with Crippen LogP contribution in [0, 0.1) is 18.3 Å². The number of rotatable bonds is 5. The van der Waals surface area contributed by atoms with Gasteiger partial charge in [-0.05, 0) is 18.8 Å². The number of H-pyrrole nitrogens is 1. The van der Waals surface area contributed by atoms with Crippen LogP contribution in [0.5, 0.6) is 0 Å². The molecule has 0 aliphatic carbocycles. The van der Waals surface area contributed by atoms with Crippen molar-refractivity contribution < 1.29 is 14.6 Å². The van der Waals surface area contributed by atoms with Crippen molar-refractivity contribution in [1.82, 2.24) is 20.2 Å². The second kappa shape index (κ2) is 7.49. The highest BCUT2D eigenvalue weighted by atomic mass is 16.5. The van der Waals surface area contributed by atoms with Gasteiger partial charge in [0.2, 0.25) is 0 Å². The topological polar surface area (TPSA) is 90.5 Å². The van der Waals surface area contributed by atoms with E-state index >= 15 is 0 Å². The number of alkyl carbamates (subject to hydrolysis) is 1. The number of amides is 1. The Kier molecular flexibility index (Phi) is 5.64. The molecule has 126 valence electrons. The van der Waals surface area contributed by atoms with E-state index in [1.807, 2.05) is 18.7 Å². The summed E-state index contributed by atoms with van der Waals surface area (Å²) in [6.07, 6.45) is 7.42. The Morgan fingerprint density at radius 3 is 2.96 bits per heavy atom. The molecule has 1 saturated heterocycles. The van der Waals surface area contributed by atoms with Crippen molar-refractivity contribution in [3.05, 3.63) is 17.7 Å². The summed E-state index contributed by atoms with van der Waals surface area (Å²) in [5, 5.41) is 13.5. The first-order chi connectivity index (χ1) is 11.0. The van der Waals surface area contributed by atoms with Crippen molar-refractivity contribution in [3.63, 3.8) is 0 Å². The van der Waals surface area contributed by atoms with E-state index in [0.717, 1.165) is 25.2 Å². The van der Waals surface area contributed by atoms with E-state index in [1.54, 1.807) is 6.20 Å². The van der Waals surface area contributed by atoms with E-state index < -0.39 is 18.4 Å². The van der Waals surface area contributed by atoms with E-state index in [1.165, 1.54) is 7.11 Å². The monoisotopic (exact) mass is 320 g/mol. The number of hydrogen-bond acceptors (Lipinski definition) is 5. The lowest BCUT2D eigenvalue weighted by molar-refractivity contribution is -0.0440. The number of aromatic amines is 1. The number of likely N-dealkylation sites (tertiary alicyclic amines) is 1. The van der Waals surface area contributed by atoms with E-state index in [0.29, 0.717) is 5.69 Å². The number of aliphatic hydroxyl groups excluding tert-OH is 1. The SMILES string of the molecule is C#Cc1cnc([C@@H]2CCCN2C(O)[C@@H](NC(=O)OC)C(C)C)[nH]1. The van der Waals surface area contributed by atoms with Crippen LogP contribution < -0.4 is 5.32 Å². The number of carbonyl (C=O) groups excluding carboxylic acids is 1. The van der Waals surface area contributed by atoms with Gasteiger partial charge in [0.25, 0.3) is 0 Å². The third-order valence-electron chi connectivity index (χ3n) is 4.21. The Labute approximate surface area is 136 Å². The maximum atomic E-state index is 11.5. The molecule has 3 atom stereocenters. The standard InChI is InChI=1S/C16H24N4O3/c1-5-11-9-17-14(18-11)12-7-6-8-20(12)15(21)13(10(2)3)19-16(22)23-4/h1,9-10,12-13,15,21H,6-8H2,2-4H3,(H,17,18)(H,19,22)/t12-,13-,15?/m0/s1. The van der Waals surface area contributed by atoms with Crippen molar-refractivity contribution in [1.29, 1.82) is 0 Å². The van der Waals surface area contributed by atoms with Gasteiger partial charge in [-0.2, -0.15) is 0 Å². The number of nitrogens with zero attached hydrogens (tertiary/aromatic N) is 2. The maximum Gasteiger partial charge on any atom is 0.407 e. The van der Waals surface area contributed by atoms with Gasteiger partial charge in [0.15, 0.2) is 0 Å². The smallest absolute Gasteiger partial charge is 0.407 e. The second-order valence-corrected chi connectivity index (χ2v) is 6.04. The molecule has 1 aromatic rings. The van der Waals surface area contributed by atoms with Gasteiger partial charge in [-0.1, -0.05) is 19.8 Å². The molecule has 1 aromatic heterocycles. The van der Waals surface area contributed by atoms with E-state index in [9.17, 15) is 9.90 Å². The third-order valence-corrected chi connectivity index (χ3v) is 4.21. The van der Waals surface area contributed by atoms with Gasteiger partial charge >= 0.3 is 6.09 Å². The molecule has 0 spiro atoms. The Bertz CT molecular complexity index is 578. The highest BCUT2D eigenvalue weighted by Crippen LogP contribution is 2.33. The summed E-state index contributed by atoms with van der Waals surface area (Å²) in [4.78, 5) is 20.9. The molecule has 3 N–H and O–H groups in total. The number of methoxy groups -OCH3 is 1. The highest BCUT2D eigenvalue weighted by Gasteiger charge is 2.38. The maximum absolute atomic E-state index is 11.5. The largest absolute Gasteiger partial charge is 0.453 e. The van der Waals surface area contributed by atoms with Crippen molar-refractivity contribution in [2.24, 2.45) is 5.92 Å². The number of imidazole rings is 1. The first kappa shape index (κ1) is 17.3. The molecule has 1 amide bonds. The van der Waals surface area contributed by atoms with Crippen LogP contribution in [0.15, 0.2) is 6.20 Å². The van der Waals surface area contributed by atoms with Gasteiger partial charge in [-0.25, -0.2) is 9.78 Å². The Hall–Kier alpha value is -2.04. The zero-order valence-corrected chi connectivity index (χ0v) is 13.7. The van der Waals surface area contributed by atoms with Crippen molar-refractivity contribution >= 4 is 6.09 Å². The first-order valence-electron chi connectivity index (χ1n) is 7.77. The molecule has 1 fully saturated rings. The van der Waals surface area contributed by atoms with Gasteiger partial charge < -0.3 is 20.1 Å². The molecule has 0 aromatic carbocycles. The zero-order chi connectivity index (χ0) is 17.0. The molecule has 2 rings (SSSR count). The number of ether oxygens (including phenoxy) is 1. The first-order valence-corrected chi connectivity index (χ1v) is 7.77. The summed E-state index contributed by atoms with van der Waals surface area (Å²) < 4.78 is 4.65. The average molecular weight is 320 g/mol. The molecule has 1 unspecified atom stereocenters. The fraction of sp³-hybridized carbons (Fsp3) is 0.625. The zero-order valence-electron chi connectivity index (χ0n) is 13.7. The number of hydrogen-bond donors (Lipinski definition) is 3. The molecular formula is C16H24N4O3. The average Bonchev–Trinajstić information content (AvgIpc) is 3.19. The molecule has 1 aliphatic heterocycles. The summed E-state index contributed by atoms with van der Waals surface area (Å²) in [7, 11) is 1.31. The summed E-state index contributed by atoms with van der Waals surface area (Å²) in [6, 6.07) is -0.488. The molecule has 2 heterocycles. The number of carbonyl (C=O) groups is 1.